The van der Waals surface area contributed by atoms with Crippen molar-refractivity contribution in [3.05, 3.63) is 65.7 Å². The summed E-state index contributed by atoms with van der Waals surface area (Å²) in [5.41, 5.74) is 7.92. The zero-order valence-electron chi connectivity index (χ0n) is 12.0. The van der Waals surface area contributed by atoms with Gasteiger partial charge < -0.3 is 5.73 Å². The zero-order chi connectivity index (χ0) is 15.3. The number of anilines is 1. The molecule has 5 heteroatoms. The normalized spacial score (nSPS) is 13.0. The molecular formula is C16H20N2O2S. The number of nitrogens with one attached hydrogen (secondary N) is 1. The predicted molar refractivity (Wildman–Crippen MR) is 86.1 cm³/mol. The average Bonchev–Trinajstić information content (AvgIpc) is 2.48. The third-order valence-electron chi connectivity index (χ3n) is 3.27. The number of nitrogen functional groups attached to an aromatic ring is 1. The molecule has 0 radical (unpaired) electrons. The number of hydrogen-bond acceptors (Lipinski definition) is 3. The molecule has 0 heterocycles. The van der Waals surface area contributed by atoms with Gasteiger partial charge in [-0.2, -0.15) is 0 Å². The lowest BCUT2D eigenvalue weighted by Gasteiger charge is -2.17. The quantitative estimate of drug-likeness (QED) is 0.806. The summed E-state index contributed by atoms with van der Waals surface area (Å²) in [6.07, 6.45) is 0.699. The van der Waals surface area contributed by atoms with Gasteiger partial charge in [0.1, 0.15) is 0 Å². The van der Waals surface area contributed by atoms with Crippen molar-refractivity contribution >= 4 is 15.7 Å². The van der Waals surface area contributed by atoms with Crippen molar-refractivity contribution in [1.29, 1.82) is 0 Å². The lowest BCUT2D eigenvalue weighted by molar-refractivity contribution is 0.549. The Hall–Kier alpha value is -1.85. The molecule has 0 aliphatic rings. The summed E-state index contributed by atoms with van der Waals surface area (Å²) in [7, 11) is -3.40. The SMILES string of the molecule is CCC(NS(=O)(=O)Cc1ccc(N)cc1)c1ccccc1. The van der Waals surface area contributed by atoms with Gasteiger partial charge in [0.05, 0.1) is 5.75 Å². The molecule has 2 aromatic carbocycles. The van der Waals surface area contributed by atoms with E-state index in [1.165, 1.54) is 0 Å². The van der Waals surface area contributed by atoms with E-state index in [9.17, 15) is 8.42 Å². The van der Waals surface area contributed by atoms with E-state index in [-0.39, 0.29) is 11.8 Å². The van der Waals surface area contributed by atoms with Crippen molar-refractivity contribution < 1.29 is 8.42 Å². The highest BCUT2D eigenvalue weighted by molar-refractivity contribution is 7.88. The van der Waals surface area contributed by atoms with Crippen LogP contribution in [0.2, 0.25) is 0 Å². The van der Waals surface area contributed by atoms with E-state index in [1.807, 2.05) is 37.3 Å². The highest BCUT2D eigenvalue weighted by atomic mass is 32.2. The van der Waals surface area contributed by atoms with E-state index in [4.69, 9.17) is 5.73 Å². The largest absolute Gasteiger partial charge is 0.399 e. The third kappa shape index (κ3) is 4.58. The van der Waals surface area contributed by atoms with Crippen LogP contribution in [-0.2, 0) is 15.8 Å². The van der Waals surface area contributed by atoms with Gasteiger partial charge in [-0.05, 0) is 29.7 Å². The topological polar surface area (TPSA) is 72.2 Å². The van der Waals surface area contributed by atoms with Gasteiger partial charge in [-0.15, -0.1) is 0 Å². The van der Waals surface area contributed by atoms with E-state index in [0.29, 0.717) is 12.1 Å². The summed E-state index contributed by atoms with van der Waals surface area (Å²) in [5, 5.41) is 0. The first-order valence-corrected chi connectivity index (χ1v) is 8.55. The summed E-state index contributed by atoms with van der Waals surface area (Å²) < 4.78 is 27.3. The molecule has 2 rings (SSSR count). The predicted octanol–water partition coefficient (Wildman–Crippen LogP) is 2.84. The second-order valence-electron chi connectivity index (χ2n) is 4.99. The van der Waals surface area contributed by atoms with Crippen LogP contribution in [0.5, 0.6) is 0 Å². The minimum atomic E-state index is -3.40. The van der Waals surface area contributed by atoms with Gasteiger partial charge in [-0.3, -0.25) is 0 Å². The summed E-state index contributed by atoms with van der Waals surface area (Å²) in [4.78, 5) is 0. The number of nitrogens with two attached hydrogens (primary N) is 1. The molecule has 0 spiro atoms. The number of rotatable bonds is 6. The number of benzene rings is 2. The molecule has 4 nitrogen and oxygen atoms in total. The average molecular weight is 304 g/mol. The van der Waals surface area contributed by atoms with Crippen LogP contribution in [0.25, 0.3) is 0 Å². The van der Waals surface area contributed by atoms with Gasteiger partial charge in [0.15, 0.2) is 0 Å². The van der Waals surface area contributed by atoms with Crippen LogP contribution in [0.3, 0.4) is 0 Å². The van der Waals surface area contributed by atoms with Crippen LogP contribution < -0.4 is 10.5 Å². The Kier molecular flexibility index (Phi) is 4.98. The minimum absolute atomic E-state index is 0.0450. The van der Waals surface area contributed by atoms with Gasteiger partial charge >= 0.3 is 0 Å². The molecule has 0 saturated heterocycles. The van der Waals surface area contributed by atoms with Crippen LogP contribution in [0.15, 0.2) is 54.6 Å². The Balaban J connectivity index is 2.10. The fraction of sp³-hybridized carbons (Fsp3) is 0.250. The van der Waals surface area contributed by atoms with E-state index >= 15 is 0 Å². The summed E-state index contributed by atoms with van der Waals surface area (Å²) in [6.45, 7) is 1.96. The Morgan fingerprint density at radius 3 is 2.24 bits per heavy atom. The van der Waals surface area contributed by atoms with Crippen LogP contribution in [0, 0.1) is 0 Å². The number of hydrogen-bond donors (Lipinski definition) is 2. The molecule has 2 aromatic rings. The smallest absolute Gasteiger partial charge is 0.216 e. The van der Waals surface area contributed by atoms with E-state index < -0.39 is 10.0 Å². The lowest BCUT2D eigenvalue weighted by atomic mass is 10.1. The first-order valence-electron chi connectivity index (χ1n) is 6.89. The van der Waals surface area contributed by atoms with E-state index in [2.05, 4.69) is 4.72 Å². The first kappa shape index (κ1) is 15.5. The second-order valence-corrected chi connectivity index (χ2v) is 6.74. The molecule has 0 fully saturated rings. The maximum atomic E-state index is 12.3. The minimum Gasteiger partial charge on any atom is -0.399 e. The van der Waals surface area contributed by atoms with Crippen molar-refractivity contribution in [2.24, 2.45) is 0 Å². The van der Waals surface area contributed by atoms with E-state index in [1.54, 1.807) is 24.3 Å². The van der Waals surface area contributed by atoms with Gasteiger partial charge in [0, 0.05) is 11.7 Å². The number of sulfonamides is 1. The molecule has 0 amide bonds. The Labute approximate surface area is 126 Å². The summed E-state index contributed by atoms with van der Waals surface area (Å²) in [5.74, 6) is -0.0450. The molecule has 0 aliphatic carbocycles. The first-order chi connectivity index (χ1) is 10.00. The fourth-order valence-corrected chi connectivity index (χ4v) is 3.61. The highest BCUT2D eigenvalue weighted by Crippen LogP contribution is 2.18. The molecule has 1 unspecified atom stereocenters. The Bertz CT molecular complexity index is 667. The second kappa shape index (κ2) is 6.74. The van der Waals surface area contributed by atoms with E-state index in [0.717, 1.165) is 11.1 Å². The van der Waals surface area contributed by atoms with Crippen molar-refractivity contribution in [3.8, 4) is 0 Å². The molecule has 3 N–H and O–H groups in total. The monoisotopic (exact) mass is 304 g/mol. The molecule has 0 bridgehead atoms. The Morgan fingerprint density at radius 1 is 1.05 bits per heavy atom. The van der Waals surface area contributed by atoms with Gasteiger partial charge in [-0.1, -0.05) is 49.4 Å². The van der Waals surface area contributed by atoms with Crippen molar-refractivity contribution in [1.82, 2.24) is 4.72 Å². The standard InChI is InChI=1S/C16H20N2O2S/c1-2-16(14-6-4-3-5-7-14)18-21(19,20)12-13-8-10-15(17)11-9-13/h3-11,16,18H,2,12,17H2,1H3. The van der Waals surface area contributed by atoms with Crippen molar-refractivity contribution in [2.45, 2.75) is 25.1 Å². The van der Waals surface area contributed by atoms with Gasteiger partial charge in [0.25, 0.3) is 0 Å². The van der Waals surface area contributed by atoms with Crippen molar-refractivity contribution in [3.63, 3.8) is 0 Å². The third-order valence-corrected chi connectivity index (χ3v) is 4.63. The molecule has 21 heavy (non-hydrogen) atoms. The van der Waals surface area contributed by atoms with Crippen LogP contribution >= 0.6 is 0 Å². The van der Waals surface area contributed by atoms with Crippen LogP contribution in [0.1, 0.15) is 30.5 Å². The maximum Gasteiger partial charge on any atom is 0.216 e. The van der Waals surface area contributed by atoms with Crippen molar-refractivity contribution in [2.75, 3.05) is 5.73 Å². The fourth-order valence-electron chi connectivity index (χ4n) is 2.16. The molecule has 1 atom stereocenters. The molecule has 112 valence electrons. The van der Waals surface area contributed by atoms with Crippen LogP contribution in [0.4, 0.5) is 5.69 Å². The molecule has 0 saturated carbocycles. The summed E-state index contributed by atoms with van der Waals surface area (Å²) in [6, 6.07) is 16.3. The van der Waals surface area contributed by atoms with Crippen LogP contribution in [-0.4, -0.2) is 8.42 Å². The van der Waals surface area contributed by atoms with Gasteiger partial charge in [-0.25, -0.2) is 13.1 Å². The molecule has 0 aliphatic heterocycles. The molecule has 0 aromatic heterocycles. The maximum absolute atomic E-state index is 12.3. The zero-order valence-corrected chi connectivity index (χ0v) is 12.8. The van der Waals surface area contributed by atoms with Gasteiger partial charge in [0.2, 0.25) is 10.0 Å². The highest BCUT2D eigenvalue weighted by Gasteiger charge is 2.18. The molecular weight excluding hydrogens is 284 g/mol. The Morgan fingerprint density at radius 2 is 1.67 bits per heavy atom. The lowest BCUT2D eigenvalue weighted by Crippen LogP contribution is -2.29. The summed E-state index contributed by atoms with van der Waals surface area (Å²) >= 11 is 0.